The molecule has 0 bridgehead atoms. The predicted molar refractivity (Wildman–Crippen MR) is 81.0 cm³/mol. The maximum absolute atomic E-state index is 13.6. The molecule has 0 unspecified atom stereocenters. The molecule has 4 nitrogen and oxygen atoms in total. The minimum absolute atomic E-state index is 0.000119. The second kappa shape index (κ2) is 5.81. The molecule has 0 radical (unpaired) electrons. The van der Waals surface area contributed by atoms with Gasteiger partial charge in [0.2, 0.25) is 5.89 Å². The Labute approximate surface area is 126 Å². The molecule has 1 heterocycles. The van der Waals surface area contributed by atoms with Gasteiger partial charge in [-0.25, -0.2) is 9.37 Å². The van der Waals surface area contributed by atoms with E-state index in [2.05, 4.69) is 10.3 Å². The van der Waals surface area contributed by atoms with E-state index in [1.54, 1.807) is 37.4 Å². The molecule has 0 spiro atoms. The van der Waals surface area contributed by atoms with Crippen LogP contribution >= 0.6 is 0 Å². The predicted octanol–water partition coefficient (Wildman–Crippen LogP) is 4.04. The molecule has 0 aliphatic heterocycles. The monoisotopic (exact) mass is 296 g/mol. The number of aromatic nitrogens is 1. The van der Waals surface area contributed by atoms with Gasteiger partial charge in [0, 0.05) is 11.3 Å². The summed E-state index contributed by atoms with van der Waals surface area (Å²) in [4.78, 5) is 16.2. The van der Waals surface area contributed by atoms with Crippen molar-refractivity contribution in [3.63, 3.8) is 0 Å². The lowest BCUT2D eigenvalue weighted by atomic mass is 10.1. The summed E-state index contributed by atoms with van der Waals surface area (Å²) in [6.07, 6.45) is 1.62. The van der Waals surface area contributed by atoms with E-state index in [0.717, 1.165) is 5.56 Å². The van der Waals surface area contributed by atoms with Crippen LogP contribution in [0.15, 0.2) is 59.1 Å². The first-order valence-electron chi connectivity index (χ1n) is 6.72. The van der Waals surface area contributed by atoms with Crippen LogP contribution in [-0.4, -0.2) is 10.9 Å². The van der Waals surface area contributed by atoms with Crippen molar-refractivity contribution in [3.8, 4) is 11.5 Å². The zero-order valence-electron chi connectivity index (χ0n) is 11.8. The van der Waals surface area contributed by atoms with Gasteiger partial charge in [-0.15, -0.1) is 0 Å². The van der Waals surface area contributed by atoms with Crippen LogP contribution in [0.5, 0.6) is 0 Å². The highest BCUT2D eigenvalue weighted by Gasteiger charge is 2.12. The molecule has 3 aromatic rings. The third kappa shape index (κ3) is 2.88. The van der Waals surface area contributed by atoms with Gasteiger partial charge in [-0.1, -0.05) is 18.2 Å². The molecule has 3 rings (SSSR count). The van der Waals surface area contributed by atoms with E-state index in [1.165, 1.54) is 18.2 Å². The molecule has 1 aromatic heterocycles. The molecular formula is C17H13FN2O2. The third-order valence-corrected chi connectivity index (χ3v) is 3.11. The smallest absolute Gasteiger partial charge is 0.258 e. The number of carbonyl (C=O) groups is 1. The summed E-state index contributed by atoms with van der Waals surface area (Å²) in [5.74, 6) is 0.119. The van der Waals surface area contributed by atoms with Crippen LogP contribution in [0.4, 0.5) is 10.1 Å². The van der Waals surface area contributed by atoms with E-state index in [0.29, 0.717) is 17.3 Å². The summed E-state index contributed by atoms with van der Waals surface area (Å²) in [5, 5.41) is 2.67. The number of anilines is 1. The first kappa shape index (κ1) is 14.0. The maximum atomic E-state index is 13.6. The number of oxazole rings is 1. The number of amides is 1. The highest BCUT2D eigenvalue weighted by molar-refractivity contribution is 6.04. The van der Waals surface area contributed by atoms with Crippen LogP contribution in [0.3, 0.4) is 0 Å². The molecule has 110 valence electrons. The number of aryl methyl sites for hydroxylation is 1. The second-order valence-electron chi connectivity index (χ2n) is 4.79. The van der Waals surface area contributed by atoms with E-state index >= 15 is 0 Å². The van der Waals surface area contributed by atoms with Crippen molar-refractivity contribution in [2.75, 3.05) is 5.32 Å². The molecule has 22 heavy (non-hydrogen) atoms. The van der Waals surface area contributed by atoms with Crippen molar-refractivity contribution < 1.29 is 13.6 Å². The van der Waals surface area contributed by atoms with Crippen molar-refractivity contribution in [1.29, 1.82) is 0 Å². The number of carbonyl (C=O) groups excluding carboxylic acids is 1. The van der Waals surface area contributed by atoms with Crippen LogP contribution in [0.25, 0.3) is 11.5 Å². The molecule has 1 N–H and O–H groups in total. The zero-order chi connectivity index (χ0) is 15.5. The van der Waals surface area contributed by atoms with Gasteiger partial charge in [-0.3, -0.25) is 4.79 Å². The average molecular weight is 296 g/mol. The first-order valence-corrected chi connectivity index (χ1v) is 6.72. The third-order valence-electron chi connectivity index (χ3n) is 3.11. The van der Waals surface area contributed by atoms with Crippen LogP contribution in [0.1, 0.15) is 16.1 Å². The Balaban J connectivity index is 1.84. The molecular weight excluding hydrogens is 283 g/mol. The fourth-order valence-corrected chi connectivity index (χ4v) is 2.06. The lowest BCUT2D eigenvalue weighted by Gasteiger charge is -2.07. The molecule has 5 heteroatoms. The molecule has 0 fully saturated rings. The van der Waals surface area contributed by atoms with E-state index in [4.69, 9.17) is 4.42 Å². The molecule has 1 amide bonds. The topological polar surface area (TPSA) is 55.1 Å². The number of hydrogen-bond acceptors (Lipinski definition) is 3. The van der Waals surface area contributed by atoms with E-state index in [1.807, 2.05) is 6.07 Å². The summed E-state index contributed by atoms with van der Waals surface area (Å²) in [6, 6.07) is 12.9. The maximum Gasteiger partial charge on any atom is 0.258 e. The van der Waals surface area contributed by atoms with Crippen molar-refractivity contribution >= 4 is 11.6 Å². The number of nitrogens with zero attached hydrogens (tertiary/aromatic N) is 1. The summed E-state index contributed by atoms with van der Waals surface area (Å²) < 4.78 is 19.1. The summed E-state index contributed by atoms with van der Waals surface area (Å²) in [7, 11) is 0. The first-order chi connectivity index (χ1) is 10.6. The number of hydrogen-bond donors (Lipinski definition) is 1. The number of halogens is 1. The Morgan fingerprint density at radius 2 is 2.00 bits per heavy atom. The Morgan fingerprint density at radius 3 is 2.73 bits per heavy atom. The van der Waals surface area contributed by atoms with E-state index < -0.39 is 11.7 Å². The Kier molecular flexibility index (Phi) is 3.70. The van der Waals surface area contributed by atoms with Gasteiger partial charge in [0.25, 0.3) is 5.91 Å². The van der Waals surface area contributed by atoms with Crippen molar-refractivity contribution in [2.24, 2.45) is 0 Å². The molecule has 0 atom stereocenters. The second-order valence-corrected chi connectivity index (χ2v) is 4.79. The Bertz CT molecular complexity index is 827. The largest absolute Gasteiger partial charge is 0.441 e. The fraction of sp³-hybridized carbons (Fsp3) is 0.0588. The van der Waals surface area contributed by atoms with Gasteiger partial charge < -0.3 is 9.73 Å². The zero-order valence-corrected chi connectivity index (χ0v) is 11.8. The van der Waals surface area contributed by atoms with Gasteiger partial charge in [0.15, 0.2) is 0 Å². The fourth-order valence-electron chi connectivity index (χ4n) is 2.06. The molecule has 0 saturated heterocycles. The Morgan fingerprint density at radius 1 is 1.18 bits per heavy atom. The number of nitrogens with one attached hydrogen (secondary N) is 1. The summed E-state index contributed by atoms with van der Waals surface area (Å²) in [5.41, 5.74) is 1.28. The van der Waals surface area contributed by atoms with Gasteiger partial charge in [0.05, 0.1) is 11.8 Å². The highest BCUT2D eigenvalue weighted by Crippen LogP contribution is 2.22. The minimum Gasteiger partial charge on any atom is -0.441 e. The highest BCUT2D eigenvalue weighted by atomic mass is 19.1. The van der Waals surface area contributed by atoms with E-state index in [9.17, 15) is 9.18 Å². The van der Waals surface area contributed by atoms with Gasteiger partial charge >= 0.3 is 0 Å². The molecule has 0 aliphatic rings. The van der Waals surface area contributed by atoms with Gasteiger partial charge in [-0.2, -0.15) is 0 Å². The average Bonchev–Trinajstić information content (AvgIpc) is 2.94. The van der Waals surface area contributed by atoms with Crippen LogP contribution in [0.2, 0.25) is 0 Å². The van der Waals surface area contributed by atoms with E-state index in [-0.39, 0.29) is 5.56 Å². The minimum atomic E-state index is -0.556. The number of benzene rings is 2. The van der Waals surface area contributed by atoms with Gasteiger partial charge in [-0.05, 0) is 37.3 Å². The van der Waals surface area contributed by atoms with Crippen molar-refractivity contribution in [2.45, 2.75) is 6.92 Å². The quantitative estimate of drug-likeness (QED) is 0.793. The van der Waals surface area contributed by atoms with Crippen molar-refractivity contribution in [3.05, 3.63) is 71.9 Å². The molecule has 0 aliphatic carbocycles. The van der Waals surface area contributed by atoms with Crippen LogP contribution < -0.4 is 5.32 Å². The van der Waals surface area contributed by atoms with Gasteiger partial charge in [0.1, 0.15) is 11.6 Å². The summed E-state index contributed by atoms with van der Waals surface area (Å²) in [6.45, 7) is 1.81. The van der Waals surface area contributed by atoms with Crippen LogP contribution in [-0.2, 0) is 0 Å². The Hall–Kier alpha value is -2.95. The molecule has 2 aromatic carbocycles. The SMILES string of the molecule is Cc1cnc(-c2cccc(NC(=O)c3ccccc3F)c2)o1. The normalized spacial score (nSPS) is 10.5. The number of rotatable bonds is 3. The lowest BCUT2D eigenvalue weighted by Crippen LogP contribution is -2.13. The van der Waals surface area contributed by atoms with Crippen molar-refractivity contribution in [1.82, 2.24) is 4.98 Å². The summed E-state index contributed by atoms with van der Waals surface area (Å²) >= 11 is 0. The standard InChI is InChI=1S/C17H13FN2O2/c1-11-10-19-17(22-11)12-5-4-6-13(9-12)20-16(21)14-7-2-3-8-15(14)18/h2-10H,1H3,(H,20,21). The molecule has 0 saturated carbocycles. The lowest BCUT2D eigenvalue weighted by molar-refractivity contribution is 0.102. The van der Waals surface area contributed by atoms with Crippen LogP contribution in [0, 0.1) is 12.7 Å².